The molecule has 1 aromatic heterocycles. The summed E-state index contributed by atoms with van der Waals surface area (Å²) in [5.41, 5.74) is 1.30. The zero-order chi connectivity index (χ0) is 11.9. The molecule has 0 saturated heterocycles. The molecule has 0 amide bonds. The van der Waals surface area contributed by atoms with Crippen LogP contribution in [-0.4, -0.2) is 9.67 Å². The highest BCUT2D eigenvalue weighted by atomic mass is 79.9. The van der Waals surface area contributed by atoms with Crippen LogP contribution in [0.3, 0.4) is 0 Å². The van der Waals surface area contributed by atoms with E-state index in [0.29, 0.717) is 0 Å². The Hall–Kier alpha value is -0.800. The minimum atomic E-state index is -0.811. The van der Waals surface area contributed by atoms with Crippen molar-refractivity contribution in [1.82, 2.24) is 4.57 Å². The molecule has 0 unspecified atom stereocenters. The van der Waals surface area contributed by atoms with Crippen LogP contribution in [0.25, 0.3) is 10.9 Å². The largest absolute Gasteiger partial charge is 0.384 e. The van der Waals surface area contributed by atoms with Gasteiger partial charge in [0.1, 0.15) is 0 Å². The van der Waals surface area contributed by atoms with E-state index in [9.17, 15) is 5.11 Å². The maximum Gasteiger partial charge on any atom is 0.0989 e. The molecule has 86 valence electrons. The molecule has 0 aliphatic heterocycles. The average molecular weight is 282 g/mol. The van der Waals surface area contributed by atoms with Crippen molar-refractivity contribution in [3.05, 3.63) is 34.4 Å². The van der Waals surface area contributed by atoms with Crippen LogP contribution in [0.1, 0.15) is 26.5 Å². The Morgan fingerprint density at radius 3 is 2.62 bits per heavy atom. The second kappa shape index (κ2) is 3.90. The lowest BCUT2D eigenvalue weighted by molar-refractivity contribution is 0.0704. The molecule has 0 radical (unpaired) electrons. The van der Waals surface area contributed by atoms with E-state index in [1.165, 1.54) is 0 Å². The van der Waals surface area contributed by atoms with Crippen LogP contribution in [0, 0.1) is 0 Å². The molecule has 0 spiro atoms. The van der Waals surface area contributed by atoms with Gasteiger partial charge >= 0.3 is 0 Å². The van der Waals surface area contributed by atoms with Crippen LogP contribution < -0.4 is 0 Å². The lowest BCUT2D eigenvalue weighted by Crippen LogP contribution is -2.20. The van der Waals surface area contributed by atoms with Crippen LogP contribution in [-0.2, 0) is 12.1 Å². The normalized spacial score (nSPS) is 12.3. The second-order valence-electron chi connectivity index (χ2n) is 4.51. The van der Waals surface area contributed by atoms with Crippen molar-refractivity contribution in [1.29, 1.82) is 0 Å². The van der Waals surface area contributed by atoms with Crippen molar-refractivity contribution in [2.45, 2.75) is 32.9 Å². The van der Waals surface area contributed by atoms with E-state index < -0.39 is 5.60 Å². The molecule has 0 atom stereocenters. The first-order chi connectivity index (χ1) is 7.45. The molecule has 2 rings (SSSR count). The summed E-state index contributed by atoms with van der Waals surface area (Å²) >= 11 is 3.57. The number of aliphatic hydroxyl groups is 1. The van der Waals surface area contributed by atoms with Crippen LogP contribution in [0.15, 0.2) is 28.7 Å². The fraction of sp³-hybridized carbons (Fsp3) is 0.385. The van der Waals surface area contributed by atoms with Gasteiger partial charge < -0.3 is 9.67 Å². The van der Waals surface area contributed by atoms with Gasteiger partial charge in [-0.2, -0.15) is 0 Å². The van der Waals surface area contributed by atoms with Crippen molar-refractivity contribution in [2.75, 3.05) is 0 Å². The Morgan fingerprint density at radius 1 is 1.38 bits per heavy atom. The maximum atomic E-state index is 10.2. The SMILES string of the molecule is CCn1c(C(C)(C)O)cc2cccc(Br)c21. The van der Waals surface area contributed by atoms with Gasteiger partial charge in [0.2, 0.25) is 0 Å². The number of hydrogen-bond donors (Lipinski definition) is 1. The molecule has 0 fully saturated rings. The lowest BCUT2D eigenvalue weighted by atomic mass is 10.1. The van der Waals surface area contributed by atoms with Gasteiger partial charge in [-0.25, -0.2) is 0 Å². The molecular weight excluding hydrogens is 266 g/mol. The van der Waals surface area contributed by atoms with Gasteiger partial charge in [0.15, 0.2) is 0 Å². The van der Waals surface area contributed by atoms with E-state index in [2.05, 4.69) is 39.6 Å². The quantitative estimate of drug-likeness (QED) is 0.893. The Kier molecular flexibility index (Phi) is 2.84. The molecule has 1 heterocycles. The smallest absolute Gasteiger partial charge is 0.0989 e. The zero-order valence-corrected chi connectivity index (χ0v) is 11.4. The Labute approximate surface area is 104 Å². The van der Waals surface area contributed by atoms with Gasteiger partial charge in [-0.15, -0.1) is 0 Å². The Balaban J connectivity index is 2.83. The van der Waals surface area contributed by atoms with E-state index in [1.54, 1.807) is 0 Å². The number of aromatic nitrogens is 1. The Bertz CT molecular complexity index is 522. The molecular formula is C13H16BrNO. The molecule has 1 aromatic carbocycles. The summed E-state index contributed by atoms with van der Waals surface area (Å²) in [7, 11) is 0. The van der Waals surface area contributed by atoms with Crippen LogP contribution in [0.4, 0.5) is 0 Å². The third kappa shape index (κ3) is 1.78. The number of halogens is 1. The molecule has 16 heavy (non-hydrogen) atoms. The highest BCUT2D eigenvalue weighted by Crippen LogP contribution is 2.32. The van der Waals surface area contributed by atoms with E-state index in [-0.39, 0.29) is 0 Å². The summed E-state index contributed by atoms with van der Waals surface area (Å²) in [6.45, 7) is 6.59. The van der Waals surface area contributed by atoms with Crippen molar-refractivity contribution in [3.8, 4) is 0 Å². The third-order valence-electron chi connectivity index (χ3n) is 2.81. The van der Waals surface area contributed by atoms with Crippen molar-refractivity contribution >= 4 is 26.8 Å². The highest BCUT2D eigenvalue weighted by Gasteiger charge is 2.22. The molecule has 0 bridgehead atoms. The summed E-state index contributed by atoms with van der Waals surface area (Å²) < 4.78 is 3.22. The summed E-state index contributed by atoms with van der Waals surface area (Å²) in [6, 6.07) is 8.17. The maximum absolute atomic E-state index is 10.2. The summed E-state index contributed by atoms with van der Waals surface area (Å²) in [5, 5.41) is 11.3. The van der Waals surface area contributed by atoms with E-state index in [1.807, 2.05) is 26.0 Å². The summed E-state index contributed by atoms with van der Waals surface area (Å²) in [5.74, 6) is 0. The predicted octanol–water partition coefficient (Wildman–Crippen LogP) is 3.65. The van der Waals surface area contributed by atoms with Gasteiger partial charge in [-0.3, -0.25) is 0 Å². The van der Waals surface area contributed by atoms with E-state index in [4.69, 9.17) is 0 Å². The van der Waals surface area contributed by atoms with Crippen LogP contribution in [0.2, 0.25) is 0 Å². The van der Waals surface area contributed by atoms with Crippen LogP contribution in [0.5, 0.6) is 0 Å². The molecule has 3 heteroatoms. The van der Waals surface area contributed by atoms with E-state index in [0.717, 1.165) is 27.6 Å². The molecule has 0 aliphatic carbocycles. The van der Waals surface area contributed by atoms with Crippen molar-refractivity contribution < 1.29 is 5.11 Å². The molecule has 2 nitrogen and oxygen atoms in total. The van der Waals surface area contributed by atoms with Crippen molar-refractivity contribution in [3.63, 3.8) is 0 Å². The molecule has 0 aliphatic rings. The standard InChI is InChI=1S/C13H16BrNO/c1-4-15-11(13(2,3)16)8-9-6-5-7-10(14)12(9)15/h5-8,16H,4H2,1-3H3. The van der Waals surface area contributed by atoms with Gasteiger partial charge in [-0.05, 0) is 48.8 Å². The summed E-state index contributed by atoms with van der Waals surface area (Å²) in [6.07, 6.45) is 0. The predicted molar refractivity (Wildman–Crippen MR) is 70.6 cm³/mol. The number of rotatable bonds is 2. The number of fused-ring (bicyclic) bond motifs is 1. The topological polar surface area (TPSA) is 25.2 Å². The number of nitrogens with zero attached hydrogens (tertiary/aromatic N) is 1. The lowest BCUT2D eigenvalue weighted by Gasteiger charge is -2.20. The van der Waals surface area contributed by atoms with Gasteiger partial charge in [0, 0.05) is 16.4 Å². The van der Waals surface area contributed by atoms with Gasteiger partial charge in [-0.1, -0.05) is 12.1 Å². The first kappa shape index (κ1) is 11.7. The van der Waals surface area contributed by atoms with Crippen molar-refractivity contribution in [2.24, 2.45) is 0 Å². The Morgan fingerprint density at radius 2 is 2.06 bits per heavy atom. The zero-order valence-electron chi connectivity index (χ0n) is 9.79. The minimum absolute atomic E-state index is 0.811. The minimum Gasteiger partial charge on any atom is -0.384 e. The highest BCUT2D eigenvalue weighted by molar-refractivity contribution is 9.10. The molecule has 1 N–H and O–H groups in total. The number of para-hydroxylation sites is 1. The molecule has 0 saturated carbocycles. The first-order valence-electron chi connectivity index (χ1n) is 5.45. The van der Waals surface area contributed by atoms with Gasteiger partial charge in [0.05, 0.1) is 16.8 Å². The number of hydrogen-bond acceptors (Lipinski definition) is 1. The fourth-order valence-electron chi connectivity index (χ4n) is 2.11. The van der Waals surface area contributed by atoms with E-state index >= 15 is 0 Å². The van der Waals surface area contributed by atoms with Gasteiger partial charge in [0.25, 0.3) is 0 Å². The first-order valence-corrected chi connectivity index (χ1v) is 6.25. The molecule has 2 aromatic rings. The monoisotopic (exact) mass is 281 g/mol. The average Bonchev–Trinajstić information content (AvgIpc) is 2.57. The number of aryl methyl sites for hydroxylation is 1. The number of benzene rings is 1. The van der Waals surface area contributed by atoms with Crippen LogP contribution >= 0.6 is 15.9 Å². The third-order valence-corrected chi connectivity index (χ3v) is 3.45. The second-order valence-corrected chi connectivity index (χ2v) is 5.36. The summed E-state index contributed by atoms with van der Waals surface area (Å²) in [4.78, 5) is 0. The fourth-order valence-corrected chi connectivity index (χ4v) is 2.71.